The number of rotatable bonds is 59. The van der Waals surface area contributed by atoms with Crippen LogP contribution in [0.4, 0.5) is 0 Å². The average molecular weight is 987 g/mol. The monoisotopic (exact) mass is 986 g/mol. The van der Waals surface area contributed by atoms with E-state index in [0.717, 1.165) is 51.4 Å². The molecule has 0 radical (unpaired) electrons. The minimum Gasteiger partial charge on any atom is -0.466 e. The standard InChI is InChI=1S/C64H123NO5/c1-3-5-7-9-11-13-15-17-18-27-31-34-38-42-46-50-54-58-64(69)70-59-55-51-47-43-39-35-32-29-26-24-22-20-19-21-23-25-28-30-33-37-41-45-49-53-57-63(68)65-61(60-66)62(67)56-52-48-44-40-36-16-14-12-10-8-6-4-2/h11,13,17-18,61-62,66-67H,3-10,12,14-16,19-60H2,1-2H3,(H,65,68)/b13-11-,18-17-. The lowest BCUT2D eigenvalue weighted by Gasteiger charge is -2.22. The summed E-state index contributed by atoms with van der Waals surface area (Å²) in [4.78, 5) is 24.5. The molecular weight excluding hydrogens is 863 g/mol. The number of esters is 1. The lowest BCUT2D eigenvalue weighted by molar-refractivity contribution is -0.143. The number of nitrogens with one attached hydrogen (secondary N) is 1. The minimum atomic E-state index is -0.662. The Labute approximate surface area is 437 Å². The van der Waals surface area contributed by atoms with Crippen LogP contribution in [0.2, 0.25) is 0 Å². The SMILES string of the molecule is CCCCC/C=C\C/C=C\CCCCCCCCCC(=O)OCCCCCCCCCCCCCCCCCCCCCCCCCCC(=O)NC(CO)C(O)CCCCCCCCCCCCCC. The van der Waals surface area contributed by atoms with E-state index in [1.807, 2.05) is 0 Å². The fourth-order valence-electron chi connectivity index (χ4n) is 9.91. The summed E-state index contributed by atoms with van der Waals surface area (Å²) < 4.78 is 5.49. The third-order valence-corrected chi connectivity index (χ3v) is 14.8. The number of aliphatic hydroxyl groups excluding tert-OH is 2. The molecule has 0 aromatic rings. The molecule has 0 aliphatic carbocycles. The van der Waals surface area contributed by atoms with Gasteiger partial charge in [-0.2, -0.15) is 0 Å². The van der Waals surface area contributed by atoms with Crippen molar-refractivity contribution in [1.82, 2.24) is 5.32 Å². The molecule has 0 aromatic heterocycles. The molecule has 0 rings (SSSR count). The molecule has 2 unspecified atom stereocenters. The van der Waals surface area contributed by atoms with Gasteiger partial charge in [-0.25, -0.2) is 0 Å². The Bertz CT molecular complexity index is 1090. The molecule has 0 saturated carbocycles. The highest BCUT2D eigenvalue weighted by Gasteiger charge is 2.20. The smallest absolute Gasteiger partial charge is 0.305 e. The van der Waals surface area contributed by atoms with E-state index in [1.165, 1.54) is 263 Å². The summed E-state index contributed by atoms with van der Waals surface area (Å²) in [6, 6.07) is -0.539. The average Bonchev–Trinajstić information content (AvgIpc) is 3.36. The molecule has 414 valence electrons. The molecule has 0 aliphatic heterocycles. The van der Waals surface area contributed by atoms with Crippen molar-refractivity contribution in [3.63, 3.8) is 0 Å². The number of allylic oxidation sites excluding steroid dienone is 4. The Morgan fingerprint density at radius 2 is 0.714 bits per heavy atom. The quantitative estimate of drug-likeness (QED) is 0.0321. The topological polar surface area (TPSA) is 95.9 Å². The summed E-state index contributed by atoms with van der Waals surface area (Å²) in [5, 5.41) is 23.2. The maximum absolute atomic E-state index is 12.5. The van der Waals surface area contributed by atoms with Gasteiger partial charge in [0, 0.05) is 12.8 Å². The van der Waals surface area contributed by atoms with Crippen molar-refractivity contribution in [3.8, 4) is 0 Å². The second kappa shape index (κ2) is 59.9. The first-order chi connectivity index (χ1) is 34.5. The minimum absolute atomic E-state index is 0.00804. The molecule has 2 atom stereocenters. The van der Waals surface area contributed by atoms with Crippen LogP contribution in [0.15, 0.2) is 24.3 Å². The summed E-state index contributed by atoms with van der Waals surface area (Å²) in [7, 11) is 0. The molecule has 6 nitrogen and oxygen atoms in total. The molecule has 3 N–H and O–H groups in total. The summed E-state index contributed by atoms with van der Waals surface area (Å²) >= 11 is 0. The van der Waals surface area contributed by atoms with Gasteiger partial charge in [0.15, 0.2) is 0 Å². The summed E-state index contributed by atoms with van der Waals surface area (Å²) in [6.07, 6.45) is 73.4. The number of amides is 1. The first-order valence-electron chi connectivity index (χ1n) is 31.6. The molecule has 0 fully saturated rings. The molecule has 6 heteroatoms. The maximum atomic E-state index is 12.5. The van der Waals surface area contributed by atoms with Crippen molar-refractivity contribution in [2.24, 2.45) is 0 Å². The predicted octanol–water partition coefficient (Wildman–Crippen LogP) is 19.8. The molecule has 0 bridgehead atoms. The van der Waals surface area contributed by atoms with Gasteiger partial charge in [-0.15, -0.1) is 0 Å². The van der Waals surface area contributed by atoms with Gasteiger partial charge in [0.2, 0.25) is 5.91 Å². The summed E-state index contributed by atoms with van der Waals surface area (Å²) in [6.45, 7) is 4.94. The molecule has 0 aromatic carbocycles. The highest BCUT2D eigenvalue weighted by atomic mass is 16.5. The number of aliphatic hydroxyl groups is 2. The fraction of sp³-hybridized carbons (Fsp3) is 0.906. The van der Waals surface area contributed by atoms with Gasteiger partial charge in [-0.3, -0.25) is 9.59 Å². The zero-order chi connectivity index (χ0) is 50.7. The number of ether oxygens (including phenoxy) is 1. The number of unbranched alkanes of at least 4 members (excludes halogenated alkanes) is 44. The molecule has 70 heavy (non-hydrogen) atoms. The van der Waals surface area contributed by atoms with E-state index in [1.54, 1.807) is 0 Å². The summed E-state index contributed by atoms with van der Waals surface area (Å²) in [5.74, 6) is -0.0250. The Morgan fingerprint density at radius 3 is 1.11 bits per heavy atom. The van der Waals surface area contributed by atoms with Crippen LogP contribution in [-0.2, 0) is 14.3 Å². The summed E-state index contributed by atoms with van der Waals surface area (Å²) in [5.41, 5.74) is 0. The highest BCUT2D eigenvalue weighted by molar-refractivity contribution is 5.76. The van der Waals surface area contributed by atoms with E-state index in [4.69, 9.17) is 4.74 Å². The van der Waals surface area contributed by atoms with Gasteiger partial charge < -0.3 is 20.3 Å². The van der Waals surface area contributed by atoms with Crippen LogP contribution in [0.3, 0.4) is 0 Å². The largest absolute Gasteiger partial charge is 0.466 e. The van der Waals surface area contributed by atoms with Crippen LogP contribution in [0.5, 0.6) is 0 Å². The van der Waals surface area contributed by atoms with Crippen molar-refractivity contribution < 1.29 is 24.5 Å². The maximum Gasteiger partial charge on any atom is 0.305 e. The van der Waals surface area contributed by atoms with Gasteiger partial charge >= 0.3 is 5.97 Å². The third kappa shape index (κ3) is 55.7. The van der Waals surface area contributed by atoms with Crippen molar-refractivity contribution in [2.75, 3.05) is 13.2 Å². The lowest BCUT2D eigenvalue weighted by Crippen LogP contribution is -2.45. The molecule has 1 amide bonds. The van der Waals surface area contributed by atoms with Crippen molar-refractivity contribution in [2.45, 2.75) is 360 Å². The first kappa shape index (κ1) is 68.3. The highest BCUT2D eigenvalue weighted by Crippen LogP contribution is 2.18. The van der Waals surface area contributed by atoms with E-state index < -0.39 is 12.1 Å². The Hall–Kier alpha value is -1.66. The number of carbonyl (C=O) groups excluding carboxylic acids is 2. The predicted molar refractivity (Wildman–Crippen MR) is 306 cm³/mol. The van der Waals surface area contributed by atoms with Crippen LogP contribution in [0, 0.1) is 0 Å². The molecule has 0 aliphatic rings. The second-order valence-corrected chi connectivity index (χ2v) is 21.7. The number of hydrogen-bond acceptors (Lipinski definition) is 5. The zero-order valence-corrected chi connectivity index (χ0v) is 47.3. The van der Waals surface area contributed by atoms with Crippen molar-refractivity contribution >= 4 is 11.9 Å². The van der Waals surface area contributed by atoms with Gasteiger partial charge in [-0.1, -0.05) is 301 Å². The zero-order valence-electron chi connectivity index (χ0n) is 47.3. The van der Waals surface area contributed by atoms with Crippen LogP contribution >= 0.6 is 0 Å². The Morgan fingerprint density at radius 1 is 0.400 bits per heavy atom. The Balaban J connectivity index is 3.34. The fourth-order valence-corrected chi connectivity index (χ4v) is 9.91. The van der Waals surface area contributed by atoms with E-state index in [0.29, 0.717) is 25.9 Å². The first-order valence-corrected chi connectivity index (χ1v) is 31.6. The van der Waals surface area contributed by atoms with Crippen molar-refractivity contribution in [1.29, 1.82) is 0 Å². The molecule has 0 heterocycles. The van der Waals surface area contributed by atoms with Gasteiger partial charge in [0.1, 0.15) is 0 Å². The van der Waals surface area contributed by atoms with Crippen LogP contribution in [0.1, 0.15) is 348 Å². The second-order valence-electron chi connectivity index (χ2n) is 21.7. The third-order valence-electron chi connectivity index (χ3n) is 14.8. The van der Waals surface area contributed by atoms with E-state index in [2.05, 4.69) is 43.5 Å². The van der Waals surface area contributed by atoms with Crippen LogP contribution in [0.25, 0.3) is 0 Å². The van der Waals surface area contributed by atoms with Crippen LogP contribution in [-0.4, -0.2) is 47.4 Å². The molecule has 0 spiro atoms. The van der Waals surface area contributed by atoms with E-state index in [9.17, 15) is 19.8 Å². The van der Waals surface area contributed by atoms with Gasteiger partial charge in [0.25, 0.3) is 0 Å². The van der Waals surface area contributed by atoms with E-state index in [-0.39, 0.29) is 18.5 Å². The van der Waals surface area contributed by atoms with Gasteiger partial charge in [-0.05, 0) is 57.8 Å². The number of carbonyl (C=O) groups is 2. The Kier molecular flexibility index (Phi) is 58.5. The number of hydrogen-bond donors (Lipinski definition) is 3. The molecular formula is C64H123NO5. The lowest BCUT2D eigenvalue weighted by atomic mass is 10.0. The van der Waals surface area contributed by atoms with Crippen molar-refractivity contribution in [3.05, 3.63) is 24.3 Å². The van der Waals surface area contributed by atoms with Crippen LogP contribution < -0.4 is 5.32 Å². The van der Waals surface area contributed by atoms with Gasteiger partial charge in [0.05, 0.1) is 25.4 Å². The molecule has 0 saturated heterocycles. The van der Waals surface area contributed by atoms with E-state index >= 15 is 0 Å². The normalized spacial score (nSPS) is 12.7.